The highest BCUT2D eigenvalue weighted by Gasteiger charge is 2.25. The number of sulfonamides is 1. The topological polar surface area (TPSA) is 125 Å². The van der Waals surface area contributed by atoms with Crippen LogP contribution in [0, 0.1) is 0 Å². The van der Waals surface area contributed by atoms with Crippen LogP contribution in [0.2, 0.25) is 0 Å². The van der Waals surface area contributed by atoms with Crippen molar-refractivity contribution in [1.82, 2.24) is 24.7 Å². The summed E-state index contributed by atoms with van der Waals surface area (Å²) in [5, 5.41) is 8.07. The van der Waals surface area contributed by atoms with Gasteiger partial charge in [-0.2, -0.15) is 0 Å². The predicted molar refractivity (Wildman–Crippen MR) is 129 cm³/mol. The van der Waals surface area contributed by atoms with Gasteiger partial charge in [0.1, 0.15) is 9.96 Å². The Balaban J connectivity index is 1.47. The zero-order chi connectivity index (χ0) is 24.8. The number of pyridine rings is 1. The average molecular weight is 514 g/mol. The number of nitrogens with one attached hydrogen (secondary N) is 1. The first kappa shape index (κ1) is 24.5. The fourth-order valence-electron chi connectivity index (χ4n) is 3.40. The third-order valence-electron chi connectivity index (χ3n) is 5.16. The van der Waals surface area contributed by atoms with E-state index < -0.39 is 22.0 Å². The van der Waals surface area contributed by atoms with E-state index in [0.717, 1.165) is 21.8 Å². The lowest BCUT2D eigenvalue weighted by Crippen LogP contribution is -2.24. The molecule has 0 aliphatic heterocycles. The van der Waals surface area contributed by atoms with Crippen LogP contribution < -0.4 is 9.46 Å². The fourth-order valence-corrected chi connectivity index (χ4v) is 5.72. The van der Waals surface area contributed by atoms with Gasteiger partial charge in [0, 0.05) is 12.6 Å². The highest BCUT2D eigenvalue weighted by Crippen LogP contribution is 2.29. The van der Waals surface area contributed by atoms with E-state index in [-0.39, 0.29) is 17.2 Å². The van der Waals surface area contributed by atoms with Crippen LogP contribution in [0.15, 0.2) is 71.2 Å². The van der Waals surface area contributed by atoms with E-state index >= 15 is 0 Å². The summed E-state index contributed by atoms with van der Waals surface area (Å²) in [6.45, 7) is -0.0955. The minimum absolute atomic E-state index is 0.0955. The van der Waals surface area contributed by atoms with Crippen LogP contribution in [-0.4, -0.2) is 48.6 Å². The third kappa shape index (κ3) is 5.73. The normalized spacial score (nSPS) is 12.3. The summed E-state index contributed by atoms with van der Waals surface area (Å²) >= 11 is 1.12. The van der Waals surface area contributed by atoms with Crippen molar-refractivity contribution in [1.29, 1.82) is 0 Å². The van der Waals surface area contributed by atoms with Crippen molar-refractivity contribution in [3.05, 3.63) is 78.2 Å². The third-order valence-corrected chi connectivity index (χ3v) is 8.16. The highest BCUT2D eigenvalue weighted by molar-refractivity contribution is 7.91. The second-order valence-corrected chi connectivity index (χ2v) is 10.5. The molecule has 1 N–H and O–H groups in total. The van der Waals surface area contributed by atoms with Gasteiger partial charge in [-0.25, -0.2) is 22.6 Å². The van der Waals surface area contributed by atoms with Crippen molar-refractivity contribution in [3.63, 3.8) is 0 Å². The zero-order valence-corrected chi connectivity index (χ0v) is 20.6. The van der Waals surface area contributed by atoms with E-state index in [0.29, 0.717) is 17.1 Å². The molecule has 0 bridgehead atoms. The molecule has 4 aromatic rings. The van der Waals surface area contributed by atoms with Gasteiger partial charge >= 0.3 is 5.97 Å². The summed E-state index contributed by atoms with van der Waals surface area (Å²) in [6, 6.07) is 15.2. The van der Waals surface area contributed by atoms with E-state index in [1.807, 2.05) is 30.3 Å². The first-order valence-corrected chi connectivity index (χ1v) is 12.8. The Bertz CT molecular complexity index is 1400. The molecule has 35 heavy (non-hydrogen) atoms. The molecule has 182 valence electrons. The molecule has 3 aromatic heterocycles. The van der Waals surface area contributed by atoms with Crippen molar-refractivity contribution in [2.45, 2.75) is 23.2 Å². The Hall–Kier alpha value is -3.61. The smallest absolute Gasteiger partial charge is 0.331 e. The Kier molecular flexibility index (Phi) is 7.54. The van der Waals surface area contributed by atoms with Gasteiger partial charge < -0.3 is 9.47 Å². The van der Waals surface area contributed by atoms with Gasteiger partial charge in [-0.3, -0.25) is 4.98 Å². The van der Waals surface area contributed by atoms with Gasteiger partial charge in [0.2, 0.25) is 10.0 Å². The molecule has 10 nitrogen and oxygen atoms in total. The molecule has 12 heteroatoms. The van der Waals surface area contributed by atoms with Crippen molar-refractivity contribution in [3.8, 4) is 16.3 Å². The highest BCUT2D eigenvalue weighted by atomic mass is 32.2. The van der Waals surface area contributed by atoms with Gasteiger partial charge in [-0.1, -0.05) is 29.5 Å². The SMILES string of the molecule is COC(=O)[C@H](Cc1ccccc1OC)n1cc(CNS(=O)(=O)c2ccc(-c3ccccn3)s2)nn1. The number of aromatic nitrogens is 4. The molecule has 3 heterocycles. The summed E-state index contributed by atoms with van der Waals surface area (Å²) in [7, 11) is -0.930. The zero-order valence-electron chi connectivity index (χ0n) is 19.0. The van der Waals surface area contributed by atoms with Crippen LogP contribution in [0.1, 0.15) is 17.3 Å². The number of thiophene rings is 1. The maximum absolute atomic E-state index is 12.8. The minimum Gasteiger partial charge on any atom is -0.496 e. The lowest BCUT2D eigenvalue weighted by atomic mass is 10.0. The maximum atomic E-state index is 12.8. The Morgan fingerprint density at radius 3 is 2.66 bits per heavy atom. The predicted octanol–water partition coefficient (Wildman–Crippen LogP) is 2.85. The number of nitrogens with zero attached hydrogens (tertiary/aromatic N) is 4. The van der Waals surface area contributed by atoms with Crippen LogP contribution in [-0.2, 0) is 32.5 Å². The summed E-state index contributed by atoms with van der Waals surface area (Å²) in [4.78, 5) is 17.5. The molecule has 1 atom stereocenters. The van der Waals surface area contributed by atoms with E-state index in [1.165, 1.54) is 24.1 Å². The number of ether oxygens (including phenoxy) is 2. The number of rotatable bonds is 10. The molecule has 0 spiro atoms. The molecular weight excluding hydrogens is 490 g/mol. The summed E-state index contributed by atoms with van der Waals surface area (Å²) < 4.78 is 40.0. The van der Waals surface area contributed by atoms with Crippen LogP contribution in [0.4, 0.5) is 0 Å². The van der Waals surface area contributed by atoms with Crippen LogP contribution in [0.5, 0.6) is 5.75 Å². The standard InChI is InChI=1S/C23H23N5O5S2/c1-32-20-9-4-3-7-16(20)13-19(23(29)33-2)28-15-17(26-27-28)14-25-35(30,31)22-11-10-21(34-22)18-8-5-6-12-24-18/h3-12,15,19,25H,13-14H2,1-2H3/t19-/m0/s1. The van der Waals surface area contributed by atoms with Gasteiger partial charge in [-0.05, 0) is 35.9 Å². The quantitative estimate of drug-likeness (QED) is 0.321. The molecule has 1 aromatic carbocycles. The number of para-hydroxylation sites is 1. The number of benzene rings is 1. The van der Waals surface area contributed by atoms with Crippen LogP contribution >= 0.6 is 11.3 Å². The number of carbonyl (C=O) groups excluding carboxylic acids is 1. The number of hydrogen-bond donors (Lipinski definition) is 1. The van der Waals surface area contributed by atoms with E-state index in [9.17, 15) is 13.2 Å². The summed E-state index contributed by atoms with van der Waals surface area (Å²) in [5.41, 5.74) is 1.85. The van der Waals surface area contributed by atoms with E-state index in [4.69, 9.17) is 9.47 Å². The molecule has 0 saturated carbocycles. The van der Waals surface area contributed by atoms with Crippen LogP contribution in [0.3, 0.4) is 0 Å². The monoisotopic (exact) mass is 513 g/mol. The van der Waals surface area contributed by atoms with Gasteiger partial charge in [0.25, 0.3) is 0 Å². The second kappa shape index (κ2) is 10.8. The molecule has 0 unspecified atom stereocenters. The van der Waals surface area contributed by atoms with Crippen molar-refractivity contribution >= 4 is 27.3 Å². The van der Waals surface area contributed by atoms with E-state index in [1.54, 1.807) is 31.5 Å². The number of esters is 1. The number of methoxy groups -OCH3 is 2. The van der Waals surface area contributed by atoms with Gasteiger partial charge in [-0.15, -0.1) is 16.4 Å². The lowest BCUT2D eigenvalue weighted by Gasteiger charge is -2.16. The molecule has 0 saturated heterocycles. The van der Waals surface area contributed by atoms with Crippen molar-refractivity contribution in [2.24, 2.45) is 0 Å². The minimum atomic E-state index is -3.78. The molecule has 0 aliphatic carbocycles. The molecule has 0 aliphatic rings. The Morgan fingerprint density at radius 2 is 1.91 bits per heavy atom. The summed E-state index contributed by atoms with van der Waals surface area (Å²) in [5.74, 6) is 0.129. The molecular formula is C23H23N5O5S2. The second-order valence-electron chi connectivity index (χ2n) is 7.40. The molecule has 4 rings (SSSR count). The van der Waals surface area contributed by atoms with Crippen molar-refractivity contribution < 1.29 is 22.7 Å². The first-order chi connectivity index (χ1) is 16.9. The van der Waals surface area contributed by atoms with E-state index in [2.05, 4.69) is 20.0 Å². The fraction of sp³-hybridized carbons (Fsp3) is 0.217. The number of hydrogen-bond acceptors (Lipinski definition) is 9. The van der Waals surface area contributed by atoms with Crippen molar-refractivity contribution in [2.75, 3.05) is 14.2 Å². The molecule has 0 radical (unpaired) electrons. The van der Waals surface area contributed by atoms with Gasteiger partial charge in [0.15, 0.2) is 6.04 Å². The summed E-state index contributed by atoms with van der Waals surface area (Å²) in [6.07, 6.45) is 3.43. The Labute approximate surface area is 206 Å². The largest absolute Gasteiger partial charge is 0.496 e. The average Bonchev–Trinajstić information content (AvgIpc) is 3.57. The molecule has 0 amide bonds. The number of carbonyl (C=O) groups is 1. The van der Waals surface area contributed by atoms with Crippen LogP contribution in [0.25, 0.3) is 10.6 Å². The maximum Gasteiger partial charge on any atom is 0.331 e. The van der Waals surface area contributed by atoms with Gasteiger partial charge in [0.05, 0.1) is 43.2 Å². The first-order valence-electron chi connectivity index (χ1n) is 10.5. The molecule has 0 fully saturated rings. The lowest BCUT2D eigenvalue weighted by molar-refractivity contribution is -0.144. The Morgan fingerprint density at radius 1 is 1.11 bits per heavy atom.